The number of nitrogens with zero attached hydrogens (tertiary/aromatic N) is 2. The van der Waals surface area contributed by atoms with Gasteiger partial charge in [0.25, 0.3) is 10.0 Å². The topological polar surface area (TPSA) is 75.3 Å². The average Bonchev–Trinajstić information content (AvgIpc) is 2.93. The van der Waals surface area contributed by atoms with Gasteiger partial charge in [0.15, 0.2) is 16.6 Å². The van der Waals surface area contributed by atoms with E-state index in [4.69, 9.17) is 4.74 Å². The largest absolute Gasteiger partial charge is 0.494 e. The smallest absolute Gasteiger partial charge is 0.260 e. The third kappa shape index (κ3) is 2.81. The van der Waals surface area contributed by atoms with Crippen molar-refractivity contribution >= 4 is 10.0 Å². The van der Waals surface area contributed by atoms with Crippen molar-refractivity contribution in [2.45, 2.75) is 11.6 Å². The van der Waals surface area contributed by atoms with E-state index in [9.17, 15) is 12.8 Å². The Morgan fingerprint density at radius 1 is 1.45 bits per heavy atom. The maximum Gasteiger partial charge on any atom is 0.260 e. The van der Waals surface area contributed by atoms with E-state index in [1.807, 2.05) is 0 Å². The maximum absolute atomic E-state index is 13.6. The Kier molecular flexibility index (Phi) is 4.05. The summed E-state index contributed by atoms with van der Waals surface area (Å²) in [5, 5.41) is -0.00557. The summed E-state index contributed by atoms with van der Waals surface area (Å²) in [5.74, 6) is -0.412. The van der Waals surface area contributed by atoms with Gasteiger partial charge in [-0.3, -0.25) is 0 Å². The molecule has 2 rings (SSSR count). The SMILES string of the molecule is COc1ccc(CN(C)S(=O)(=O)c2cnc[nH]2)cc1F. The van der Waals surface area contributed by atoms with Crippen LogP contribution in [0.2, 0.25) is 0 Å². The molecule has 0 atom stereocenters. The van der Waals surface area contributed by atoms with Crippen LogP contribution in [0.1, 0.15) is 5.56 Å². The maximum atomic E-state index is 13.6. The van der Waals surface area contributed by atoms with E-state index in [1.165, 1.54) is 38.8 Å². The summed E-state index contributed by atoms with van der Waals surface area (Å²) in [6.45, 7) is 0.0439. The first kappa shape index (κ1) is 14.5. The van der Waals surface area contributed by atoms with Crippen molar-refractivity contribution in [1.29, 1.82) is 0 Å². The molecule has 1 N–H and O–H groups in total. The average molecular weight is 299 g/mol. The fourth-order valence-corrected chi connectivity index (χ4v) is 2.75. The lowest BCUT2D eigenvalue weighted by molar-refractivity contribution is 0.385. The molecule has 0 fully saturated rings. The first-order chi connectivity index (χ1) is 9.45. The van der Waals surface area contributed by atoms with Gasteiger partial charge in [-0.2, -0.15) is 4.31 Å². The van der Waals surface area contributed by atoms with Crippen LogP contribution in [0.15, 0.2) is 35.7 Å². The number of nitrogens with one attached hydrogen (secondary N) is 1. The van der Waals surface area contributed by atoms with Crippen molar-refractivity contribution in [2.75, 3.05) is 14.2 Å². The highest BCUT2D eigenvalue weighted by Crippen LogP contribution is 2.20. The minimum absolute atomic E-state index is 0.00557. The number of methoxy groups -OCH3 is 1. The van der Waals surface area contributed by atoms with Gasteiger partial charge in [-0.05, 0) is 17.7 Å². The number of halogens is 1. The molecule has 0 aliphatic heterocycles. The quantitative estimate of drug-likeness (QED) is 0.905. The van der Waals surface area contributed by atoms with Gasteiger partial charge in [-0.15, -0.1) is 0 Å². The number of benzene rings is 1. The van der Waals surface area contributed by atoms with Crippen molar-refractivity contribution in [2.24, 2.45) is 0 Å². The zero-order valence-corrected chi connectivity index (χ0v) is 11.8. The van der Waals surface area contributed by atoms with Gasteiger partial charge < -0.3 is 9.72 Å². The molecule has 0 spiro atoms. The van der Waals surface area contributed by atoms with Crippen LogP contribution in [0.25, 0.3) is 0 Å². The van der Waals surface area contributed by atoms with E-state index < -0.39 is 15.8 Å². The minimum atomic E-state index is -3.66. The third-order valence-electron chi connectivity index (χ3n) is 2.78. The van der Waals surface area contributed by atoms with Gasteiger partial charge in [-0.1, -0.05) is 6.07 Å². The van der Waals surface area contributed by atoms with Crippen LogP contribution in [-0.2, 0) is 16.6 Å². The molecule has 1 aromatic carbocycles. The van der Waals surface area contributed by atoms with Gasteiger partial charge in [0.05, 0.1) is 19.6 Å². The molecule has 1 aromatic heterocycles. The van der Waals surface area contributed by atoms with Gasteiger partial charge in [0, 0.05) is 13.6 Å². The summed E-state index contributed by atoms with van der Waals surface area (Å²) in [5.41, 5.74) is 0.522. The molecule has 20 heavy (non-hydrogen) atoms. The Morgan fingerprint density at radius 2 is 2.20 bits per heavy atom. The Bertz CT molecular complexity index is 686. The highest BCUT2D eigenvalue weighted by Gasteiger charge is 2.22. The fourth-order valence-electron chi connectivity index (χ4n) is 1.70. The summed E-state index contributed by atoms with van der Waals surface area (Å²) >= 11 is 0. The van der Waals surface area contributed by atoms with Crippen LogP contribution < -0.4 is 4.74 Å². The molecule has 0 amide bonds. The summed E-state index contributed by atoms with van der Waals surface area (Å²) < 4.78 is 43.8. The highest BCUT2D eigenvalue weighted by atomic mass is 32.2. The van der Waals surface area contributed by atoms with Crippen molar-refractivity contribution in [1.82, 2.24) is 14.3 Å². The summed E-state index contributed by atoms with van der Waals surface area (Å²) in [7, 11) is -0.878. The highest BCUT2D eigenvalue weighted by molar-refractivity contribution is 7.89. The molecule has 108 valence electrons. The first-order valence-electron chi connectivity index (χ1n) is 5.72. The van der Waals surface area contributed by atoms with Crippen LogP contribution in [0, 0.1) is 5.82 Å². The van der Waals surface area contributed by atoms with E-state index in [0.717, 1.165) is 4.31 Å². The van der Waals surface area contributed by atoms with Crippen molar-refractivity contribution < 1.29 is 17.5 Å². The lowest BCUT2D eigenvalue weighted by Gasteiger charge is -2.16. The van der Waals surface area contributed by atoms with E-state index in [2.05, 4.69) is 9.97 Å². The number of H-pyrrole nitrogens is 1. The molecule has 0 saturated heterocycles. The molecular formula is C12H14FN3O3S. The van der Waals surface area contributed by atoms with Crippen LogP contribution in [-0.4, -0.2) is 36.8 Å². The molecular weight excluding hydrogens is 285 g/mol. The van der Waals surface area contributed by atoms with Crippen LogP contribution in [0.3, 0.4) is 0 Å². The zero-order chi connectivity index (χ0) is 14.8. The second-order valence-electron chi connectivity index (χ2n) is 4.15. The number of aromatic nitrogens is 2. The molecule has 0 aliphatic carbocycles. The number of hydrogen-bond acceptors (Lipinski definition) is 4. The van der Waals surface area contributed by atoms with Crippen molar-refractivity contribution in [3.63, 3.8) is 0 Å². The minimum Gasteiger partial charge on any atom is -0.494 e. The second-order valence-corrected chi connectivity index (χ2v) is 6.16. The normalized spacial score (nSPS) is 11.8. The van der Waals surface area contributed by atoms with Crippen LogP contribution in [0.4, 0.5) is 4.39 Å². The standard InChI is InChI=1S/C12H14FN3O3S/c1-16(20(17,18)12-6-14-8-15-12)7-9-3-4-11(19-2)10(13)5-9/h3-6,8H,7H2,1-2H3,(H,14,15). The Labute approximate surface area is 116 Å². The lowest BCUT2D eigenvalue weighted by atomic mass is 10.2. The fraction of sp³-hybridized carbons (Fsp3) is 0.250. The van der Waals surface area contributed by atoms with E-state index >= 15 is 0 Å². The Balaban J connectivity index is 2.20. The van der Waals surface area contributed by atoms with Crippen molar-refractivity contribution in [3.8, 4) is 5.75 Å². The molecule has 0 bridgehead atoms. The zero-order valence-electron chi connectivity index (χ0n) is 11.0. The predicted octanol–water partition coefficient (Wildman–Crippen LogP) is 1.38. The number of sulfonamides is 1. The third-order valence-corrected chi connectivity index (χ3v) is 4.51. The number of rotatable bonds is 5. The van der Waals surface area contributed by atoms with Gasteiger partial charge in [0.2, 0.25) is 0 Å². The number of hydrogen-bond donors (Lipinski definition) is 1. The summed E-state index contributed by atoms with van der Waals surface area (Å²) in [6, 6.07) is 4.32. The molecule has 8 heteroatoms. The van der Waals surface area contributed by atoms with Crippen molar-refractivity contribution in [3.05, 3.63) is 42.1 Å². The second kappa shape index (κ2) is 5.59. The van der Waals surface area contributed by atoms with E-state index in [1.54, 1.807) is 6.07 Å². The first-order valence-corrected chi connectivity index (χ1v) is 7.16. The molecule has 6 nitrogen and oxygen atoms in total. The Hall–Kier alpha value is -1.93. The van der Waals surface area contributed by atoms with E-state index in [-0.39, 0.29) is 17.3 Å². The summed E-state index contributed by atoms with van der Waals surface area (Å²) in [4.78, 5) is 6.22. The number of imidazole rings is 1. The van der Waals surface area contributed by atoms with Gasteiger partial charge >= 0.3 is 0 Å². The van der Waals surface area contributed by atoms with Gasteiger partial charge in [0.1, 0.15) is 0 Å². The molecule has 1 heterocycles. The van der Waals surface area contributed by atoms with Crippen LogP contribution >= 0.6 is 0 Å². The number of ether oxygens (including phenoxy) is 1. The Morgan fingerprint density at radius 3 is 2.75 bits per heavy atom. The predicted molar refractivity (Wildman–Crippen MR) is 70.2 cm³/mol. The molecule has 2 aromatic rings. The monoisotopic (exact) mass is 299 g/mol. The molecule has 0 aliphatic rings. The molecule has 0 unspecified atom stereocenters. The van der Waals surface area contributed by atoms with Crippen LogP contribution in [0.5, 0.6) is 5.75 Å². The molecule has 0 saturated carbocycles. The van der Waals surface area contributed by atoms with E-state index in [0.29, 0.717) is 5.56 Å². The summed E-state index contributed by atoms with van der Waals surface area (Å²) in [6.07, 6.45) is 2.51. The molecule has 0 radical (unpaired) electrons. The number of aromatic amines is 1. The lowest BCUT2D eigenvalue weighted by Crippen LogP contribution is -2.26. The van der Waals surface area contributed by atoms with Gasteiger partial charge in [-0.25, -0.2) is 17.8 Å².